The molecule has 0 fully saturated rings. The first kappa shape index (κ1) is 13.6. The third-order valence-corrected chi connectivity index (χ3v) is 2.64. The highest BCUT2D eigenvalue weighted by Gasteiger charge is 2.28. The second kappa shape index (κ2) is 5.71. The molecule has 0 saturated carbocycles. The Morgan fingerprint density at radius 1 is 1.29 bits per heavy atom. The SMILES string of the molecule is CCCc1ccc(OCC(C)(C)C(=O)O)cc1. The van der Waals surface area contributed by atoms with Gasteiger partial charge in [-0.15, -0.1) is 0 Å². The van der Waals surface area contributed by atoms with Gasteiger partial charge in [-0.25, -0.2) is 0 Å². The van der Waals surface area contributed by atoms with Crippen LogP contribution in [0.1, 0.15) is 32.8 Å². The maximum Gasteiger partial charge on any atom is 0.312 e. The molecule has 0 spiro atoms. The lowest BCUT2D eigenvalue weighted by molar-refractivity contribution is -0.148. The van der Waals surface area contributed by atoms with Crippen LogP contribution in [0.5, 0.6) is 5.75 Å². The number of aliphatic carboxylic acids is 1. The van der Waals surface area contributed by atoms with Gasteiger partial charge < -0.3 is 9.84 Å². The van der Waals surface area contributed by atoms with Gasteiger partial charge in [-0.05, 0) is 38.0 Å². The predicted octanol–water partition coefficient (Wildman–Crippen LogP) is 3.13. The van der Waals surface area contributed by atoms with E-state index in [-0.39, 0.29) is 6.61 Å². The summed E-state index contributed by atoms with van der Waals surface area (Å²) in [4.78, 5) is 10.9. The van der Waals surface area contributed by atoms with E-state index in [0.29, 0.717) is 0 Å². The number of rotatable bonds is 6. The second-order valence-electron chi connectivity index (χ2n) is 4.87. The van der Waals surface area contributed by atoms with Crippen molar-refractivity contribution in [1.82, 2.24) is 0 Å². The minimum atomic E-state index is -0.859. The van der Waals surface area contributed by atoms with Crippen LogP contribution in [0.2, 0.25) is 0 Å². The van der Waals surface area contributed by atoms with Crippen LogP contribution >= 0.6 is 0 Å². The fraction of sp³-hybridized carbons (Fsp3) is 0.500. The van der Waals surface area contributed by atoms with Crippen molar-refractivity contribution in [3.8, 4) is 5.75 Å². The maximum atomic E-state index is 10.9. The highest BCUT2D eigenvalue weighted by Crippen LogP contribution is 2.19. The van der Waals surface area contributed by atoms with Crippen LogP contribution in [0, 0.1) is 5.41 Å². The van der Waals surface area contributed by atoms with Gasteiger partial charge in [-0.2, -0.15) is 0 Å². The summed E-state index contributed by atoms with van der Waals surface area (Å²) in [7, 11) is 0. The topological polar surface area (TPSA) is 46.5 Å². The summed E-state index contributed by atoms with van der Waals surface area (Å²) in [5.74, 6) is -0.126. The minimum absolute atomic E-state index is 0.176. The Morgan fingerprint density at radius 2 is 1.88 bits per heavy atom. The number of benzene rings is 1. The Morgan fingerprint density at radius 3 is 2.35 bits per heavy atom. The van der Waals surface area contributed by atoms with E-state index in [0.717, 1.165) is 18.6 Å². The molecule has 3 heteroatoms. The molecule has 3 nitrogen and oxygen atoms in total. The Bertz CT molecular complexity index is 366. The number of aryl methyl sites for hydroxylation is 1. The van der Waals surface area contributed by atoms with E-state index in [1.165, 1.54) is 5.56 Å². The van der Waals surface area contributed by atoms with Crippen molar-refractivity contribution in [2.75, 3.05) is 6.61 Å². The summed E-state index contributed by atoms with van der Waals surface area (Å²) in [6, 6.07) is 7.82. The van der Waals surface area contributed by atoms with Gasteiger partial charge in [-0.3, -0.25) is 4.79 Å². The second-order valence-corrected chi connectivity index (χ2v) is 4.87. The van der Waals surface area contributed by atoms with Crippen molar-refractivity contribution in [2.45, 2.75) is 33.6 Å². The summed E-state index contributed by atoms with van der Waals surface area (Å²) in [5.41, 5.74) is 0.416. The Balaban J connectivity index is 2.55. The zero-order valence-electron chi connectivity index (χ0n) is 10.7. The van der Waals surface area contributed by atoms with Gasteiger partial charge >= 0.3 is 5.97 Å². The summed E-state index contributed by atoms with van der Waals surface area (Å²) < 4.78 is 5.48. The number of hydrogen-bond donors (Lipinski definition) is 1. The molecule has 0 aliphatic heterocycles. The average Bonchev–Trinajstić information content (AvgIpc) is 2.28. The summed E-state index contributed by atoms with van der Waals surface area (Å²) in [6.07, 6.45) is 2.17. The zero-order chi connectivity index (χ0) is 12.9. The molecule has 0 amide bonds. The van der Waals surface area contributed by atoms with E-state index < -0.39 is 11.4 Å². The summed E-state index contributed by atoms with van der Waals surface area (Å²) >= 11 is 0. The first-order valence-corrected chi connectivity index (χ1v) is 5.91. The molecule has 1 aromatic carbocycles. The predicted molar refractivity (Wildman–Crippen MR) is 67.3 cm³/mol. The van der Waals surface area contributed by atoms with Crippen LogP contribution in [0.4, 0.5) is 0 Å². The molecule has 17 heavy (non-hydrogen) atoms. The molecule has 0 saturated heterocycles. The van der Waals surface area contributed by atoms with Crippen LogP contribution in [0.25, 0.3) is 0 Å². The van der Waals surface area contributed by atoms with Crippen molar-refractivity contribution in [3.05, 3.63) is 29.8 Å². The fourth-order valence-corrected chi connectivity index (χ4v) is 1.37. The van der Waals surface area contributed by atoms with Gasteiger partial charge in [0.2, 0.25) is 0 Å². The molecule has 1 aromatic rings. The lowest BCUT2D eigenvalue weighted by atomic mass is 9.95. The van der Waals surface area contributed by atoms with Gasteiger partial charge in [-0.1, -0.05) is 25.5 Å². The van der Waals surface area contributed by atoms with Gasteiger partial charge in [0.25, 0.3) is 0 Å². The third kappa shape index (κ3) is 4.10. The molecule has 1 N–H and O–H groups in total. The lowest BCUT2D eigenvalue weighted by Gasteiger charge is -2.19. The Labute approximate surface area is 102 Å². The van der Waals surface area contributed by atoms with Crippen LogP contribution < -0.4 is 4.74 Å². The van der Waals surface area contributed by atoms with Crippen LogP contribution in [0.15, 0.2) is 24.3 Å². The molecular weight excluding hydrogens is 216 g/mol. The molecule has 0 unspecified atom stereocenters. The van der Waals surface area contributed by atoms with Gasteiger partial charge in [0.15, 0.2) is 0 Å². The average molecular weight is 236 g/mol. The maximum absolute atomic E-state index is 10.9. The first-order chi connectivity index (χ1) is 7.95. The van der Waals surface area contributed by atoms with Crippen LogP contribution in [0.3, 0.4) is 0 Å². The first-order valence-electron chi connectivity index (χ1n) is 5.91. The van der Waals surface area contributed by atoms with Crippen molar-refractivity contribution in [1.29, 1.82) is 0 Å². The number of hydrogen-bond acceptors (Lipinski definition) is 2. The van der Waals surface area contributed by atoms with Gasteiger partial charge in [0.05, 0.1) is 5.41 Å². The molecule has 1 rings (SSSR count). The molecule has 0 radical (unpaired) electrons. The quantitative estimate of drug-likeness (QED) is 0.825. The van der Waals surface area contributed by atoms with Crippen molar-refractivity contribution in [2.24, 2.45) is 5.41 Å². The highest BCUT2D eigenvalue weighted by molar-refractivity contribution is 5.73. The normalized spacial score (nSPS) is 11.2. The molecule has 0 atom stereocenters. The third-order valence-electron chi connectivity index (χ3n) is 2.64. The Hall–Kier alpha value is -1.51. The van der Waals surface area contributed by atoms with Gasteiger partial charge in [0.1, 0.15) is 12.4 Å². The molecule has 0 heterocycles. The van der Waals surface area contributed by atoms with Gasteiger partial charge in [0, 0.05) is 0 Å². The standard InChI is InChI=1S/C14H20O3/c1-4-5-11-6-8-12(9-7-11)17-10-14(2,3)13(15)16/h6-9H,4-5,10H2,1-3H3,(H,15,16). The number of carboxylic acids is 1. The van der Waals surface area contributed by atoms with Crippen LogP contribution in [-0.2, 0) is 11.2 Å². The highest BCUT2D eigenvalue weighted by atomic mass is 16.5. The Kier molecular flexibility index (Phi) is 4.55. The van der Waals surface area contributed by atoms with Crippen molar-refractivity contribution < 1.29 is 14.6 Å². The molecule has 94 valence electrons. The van der Waals surface area contributed by atoms with E-state index in [1.807, 2.05) is 24.3 Å². The van der Waals surface area contributed by atoms with Crippen molar-refractivity contribution in [3.63, 3.8) is 0 Å². The summed E-state index contributed by atoms with van der Waals surface area (Å²) in [6.45, 7) is 5.62. The smallest absolute Gasteiger partial charge is 0.312 e. The van der Waals surface area contributed by atoms with Crippen LogP contribution in [-0.4, -0.2) is 17.7 Å². The van der Waals surface area contributed by atoms with E-state index in [2.05, 4.69) is 6.92 Å². The van der Waals surface area contributed by atoms with Crippen molar-refractivity contribution >= 4 is 5.97 Å². The molecule has 0 aromatic heterocycles. The largest absolute Gasteiger partial charge is 0.492 e. The molecule has 0 aliphatic rings. The summed E-state index contributed by atoms with van der Waals surface area (Å²) in [5, 5.41) is 8.95. The van der Waals surface area contributed by atoms with E-state index >= 15 is 0 Å². The van der Waals surface area contributed by atoms with E-state index in [9.17, 15) is 4.79 Å². The molecule has 0 aliphatic carbocycles. The van der Waals surface area contributed by atoms with E-state index in [4.69, 9.17) is 9.84 Å². The fourth-order valence-electron chi connectivity index (χ4n) is 1.37. The monoisotopic (exact) mass is 236 g/mol. The van der Waals surface area contributed by atoms with E-state index in [1.54, 1.807) is 13.8 Å². The molecule has 0 bridgehead atoms. The molecular formula is C14H20O3. The zero-order valence-corrected chi connectivity index (χ0v) is 10.7. The number of carboxylic acid groups (broad SMARTS) is 1. The number of carbonyl (C=O) groups is 1. The minimum Gasteiger partial charge on any atom is -0.492 e. The lowest BCUT2D eigenvalue weighted by Crippen LogP contribution is -2.30. The number of ether oxygens (including phenoxy) is 1.